The fraction of sp³-hybridized carbons (Fsp3) is 0.455. The zero-order valence-electron chi connectivity index (χ0n) is 8.76. The lowest BCUT2D eigenvalue weighted by molar-refractivity contribution is 0.0187. The van der Waals surface area contributed by atoms with E-state index in [0.29, 0.717) is 19.7 Å². The van der Waals surface area contributed by atoms with Crippen molar-refractivity contribution < 1.29 is 13.5 Å². The maximum Gasteiger partial charge on any atom is 0.261 e. The van der Waals surface area contributed by atoms with Gasteiger partial charge in [-0.3, -0.25) is 0 Å². The molecule has 0 aliphatic carbocycles. The van der Waals surface area contributed by atoms with Crippen LogP contribution in [0.25, 0.3) is 0 Å². The summed E-state index contributed by atoms with van der Waals surface area (Å²) in [5.74, 6) is 0. The Labute approximate surface area is 102 Å². The Morgan fingerprint density at radius 3 is 2.56 bits per heavy atom. The van der Waals surface area contributed by atoms with Gasteiger partial charge in [0.05, 0.1) is 6.61 Å². The van der Waals surface area contributed by atoms with Crippen molar-refractivity contribution in [2.45, 2.75) is 13.0 Å². The Morgan fingerprint density at radius 2 is 1.94 bits per heavy atom. The molecule has 0 bridgehead atoms. The van der Waals surface area contributed by atoms with E-state index in [9.17, 15) is 8.78 Å². The minimum Gasteiger partial charge on any atom is -0.374 e. The first-order chi connectivity index (χ1) is 7.68. The number of nitrogens with one attached hydrogen (secondary N) is 1. The first kappa shape index (κ1) is 13.5. The molecule has 0 amide bonds. The average molecular weight is 294 g/mol. The van der Waals surface area contributed by atoms with Crippen molar-refractivity contribution in [3.05, 3.63) is 34.3 Å². The fourth-order valence-corrected chi connectivity index (χ4v) is 1.42. The number of benzene rings is 1. The van der Waals surface area contributed by atoms with E-state index in [0.717, 1.165) is 10.0 Å². The van der Waals surface area contributed by atoms with Crippen LogP contribution in [0.3, 0.4) is 0 Å². The fourth-order valence-electron chi connectivity index (χ4n) is 1.15. The molecule has 0 aliphatic rings. The topological polar surface area (TPSA) is 21.3 Å². The van der Waals surface area contributed by atoms with Crippen molar-refractivity contribution in [3.63, 3.8) is 0 Å². The Hall–Kier alpha value is -0.520. The lowest BCUT2D eigenvalue weighted by Crippen LogP contribution is -2.20. The predicted molar refractivity (Wildman–Crippen MR) is 62.7 cm³/mol. The average Bonchev–Trinajstić information content (AvgIpc) is 2.25. The molecule has 2 nitrogen and oxygen atoms in total. The minimum atomic E-state index is -2.38. The molecule has 90 valence electrons. The molecule has 0 fully saturated rings. The Kier molecular flexibility index (Phi) is 6.52. The molecule has 5 heteroatoms. The standard InChI is InChI=1S/C11H14BrF2NO/c12-10-3-1-9(2-4-10)7-15-5-6-16-8-11(13)14/h1-4,11,15H,5-8H2. The van der Waals surface area contributed by atoms with Crippen molar-refractivity contribution in [2.24, 2.45) is 0 Å². The van der Waals surface area contributed by atoms with Gasteiger partial charge in [-0.15, -0.1) is 0 Å². The summed E-state index contributed by atoms with van der Waals surface area (Å²) >= 11 is 3.35. The van der Waals surface area contributed by atoms with Crippen LogP contribution in [0.2, 0.25) is 0 Å². The largest absolute Gasteiger partial charge is 0.374 e. The van der Waals surface area contributed by atoms with Crippen LogP contribution in [-0.4, -0.2) is 26.2 Å². The molecule has 16 heavy (non-hydrogen) atoms. The van der Waals surface area contributed by atoms with Crippen LogP contribution in [0.1, 0.15) is 5.56 Å². The Morgan fingerprint density at radius 1 is 1.25 bits per heavy atom. The molecule has 0 atom stereocenters. The number of hydrogen-bond donors (Lipinski definition) is 1. The highest BCUT2D eigenvalue weighted by molar-refractivity contribution is 9.10. The third kappa shape index (κ3) is 6.15. The van der Waals surface area contributed by atoms with E-state index in [-0.39, 0.29) is 0 Å². The molecule has 0 aromatic heterocycles. The summed E-state index contributed by atoms with van der Waals surface area (Å²) in [7, 11) is 0. The highest BCUT2D eigenvalue weighted by atomic mass is 79.9. The molecule has 0 saturated heterocycles. The number of alkyl halides is 2. The molecule has 0 heterocycles. The third-order valence-electron chi connectivity index (χ3n) is 1.91. The number of halogens is 3. The third-order valence-corrected chi connectivity index (χ3v) is 2.44. The summed E-state index contributed by atoms with van der Waals surface area (Å²) in [6.45, 7) is 1.11. The molecular weight excluding hydrogens is 280 g/mol. The lowest BCUT2D eigenvalue weighted by Gasteiger charge is -2.06. The maximum absolute atomic E-state index is 11.7. The van der Waals surface area contributed by atoms with Crippen LogP contribution < -0.4 is 5.32 Å². The first-order valence-electron chi connectivity index (χ1n) is 4.99. The van der Waals surface area contributed by atoms with Gasteiger partial charge in [-0.05, 0) is 17.7 Å². The van der Waals surface area contributed by atoms with E-state index in [1.807, 2.05) is 24.3 Å². The van der Waals surface area contributed by atoms with Gasteiger partial charge in [0.2, 0.25) is 0 Å². The van der Waals surface area contributed by atoms with E-state index in [4.69, 9.17) is 4.74 Å². The summed E-state index contributed by atoms with van der Waals surface area (Å²) in [5, 5.41) is 3.11. The van der Waals surface area contributed by atoms with Crippen LogP contribution in [0, 0.1) is 0 Å². The molecule has 1 rings (SSSR count). The zero-order chi connectivity index (χ0) is 11.8. The van der Waals surface area contributed by atoms with Gasteiger partial charge in [0, 0.05) is 17.6 Å². The second-order valence-corrected chi connectivity index (χ2v) is 4.18. The maximum atomic E-state index is 11.7. The molecule has 1 aromatic rings. The van der Waals surface area contributed by atoms with Gasteiger partial charge in [0.25, 0.3) is 6.43 Å². The van der Waals surface area contributed by atoms with Crippen molar-refractivity contribution in [1.82, 2.24) is 5.32 Å². The van der Waals surface area contributed by atoms with E-state index in [1.54, 1.807) is 0 Å². The van der Waals surface area contributed by atoms with Crippen molar-refractivity contribution in [2.75, 3.05) is 19.8 Å². The summed E-state index contributed by atoms with van der Waals surface area (Å²) in [4.78, 5) is 0. The summed E-state index contributed by atoms with van der Waals surface area (Å²) in [6, 6.07) is 7.92. The van der Waals surface area contributed by atoms with Crippen molar-refractivity contribution in [1.29, 1.82) is 0 Å². The molecule has 1 aromatic carbocycles. The quantitative estimate of drug-likeness (QED) is 0.781. The normalized spacial score (nSPS) is 11.0. The molecular formula is C11H14BrF2NO. The van der Waals surface area contributed by atoms with Crippen LogP contribution in [0.15, 0.2) is 28.7 Å². The van der Waals surface area contributed by atoms with E-state index in [2.05, 4.69) is 21.2 Å². The second-order valence-electron chi connectivity index (χ2n) is 3.27. The van der Waals surface area contributed by atoms with Gasteiger partial charge in [0.1, 0.15) is 6.61 Å². The van der Waals surface area contributed by atoms with E-state index >= 15 is 0 Å². The number of ether oxygens (including phenoxy) is 1. The van der Waals surface area contributed by atoms with E-state index < -0.39 is 13.0 Å². The highest BCUT2D eigenvalue weighted by Crippen LogP contribution is 2.09. The predicted octanol–water partition coefficient (Wildman–Crippen LogP) is 2.82. The van der Waals surface area contributed by atoms with Gasteiger partial charge in [0.15, 0.2) is 0 Å². The molecule has 1 N–H and O–H groups in total. The van der Waals surface area contributed by atoms with Crippen LogP contribution in [0.4, 0.5) is 8.78 Å². The SMILES string of the molecule is FC(F)COCCNCc1ccc(Br)cc1. The Balaban J connectivity index is 2.05. The van der Waals surface area contributed by atoms with Crippen molar-refractivity contribution >= 4 is 15.9 Å². The zero-order valence-corrected chi connectivity index (χ0v) is 10.3. The Bertz CT molecular complexity index is 293. The molecule has 0 radical (unpaired) electrons. The molecule has 0 saturated carbocycles. The van der Waals surface area contributed by atoms with Crippen LogP contribution in [-0.2, 0) is 11.3 Å². The van der Waals surface area contributed by atoms with Gasteiger partial charge < -0.3 is 10.1 Å². The summed E-state index contributed by atoms with van der Waals surface area (Å²) < 4.78 is 29.2. The van der Waals surface area contributed by atoms with Gasteiger partial charge in [-0.2, -0.15) is 0 Å². The van der Waals surface area contributed by atoms with Crippen LogP contribution >= 0.6 is 15.9 Å². The lowest BCUT2D eigenvalue weighted by atomic mass is 10.2. The monoisotopic (exact) mass is 293 g/mol. The minimum absolute atomic E-state index is 0.306. The number of hydrogen-bond acceptors (Lipinski definition) is 2. The van der Waals surface area contributed by atoms with Crippen molar-refractivity contribution in [3.8, 4) is 0 Å². The van der Waals surface area contributed by atoms with Gasteiger partial charge in [-0.25, -0.2) is 8.78 Å². The molecule has 0 aliphatic heterocycles. The highest BCUT2D eigenvalue weighted by Gasteiger charge is 2.00. The smallest absolute Gasteiger partial charge is 0.261 e. The first-order valence-corrected chi connectivity index (χ1v) is 5.79. The van der Waals surface area contributed by atoms with Gasteiger partial charge in [-0.1, -0.05) is 28.1 Å². The summed E-state index contributed by atoms with van der Waals surface area (Å²) in [6.07, 6.45) is -2.38. The second kappa shape index (κ2) is 7.70. The summed E-state index contributed by atoms with van der Waals surface area (Å²) in [5.41, 5.74) is 1.15. The molecule has 0 spiro atoms. The number of rotatable bonds is 7. The van der Waals surface area contributed by atoms with E-state index in [1.165, 1.54) is 0 Å². The van der Waals surface area contributed by atoms with Crippen LogP contribution in [0.5, 0.6) is 0 Å². The van der Waals surface area contributed by atoms with Gasteiger partial charge >= 0.3 is 0 Å². The molecule has 0 unspecified atom stereocenters.